The van der Waals surface area contributed by atoms with Crippen LogP contribution >= 0.6 is 11.9 Å². The maximum Gasteiger partial charge on any atom is 0.418 e. The predicted octanol–water partition coefficient (Wildman–Crippen LogP) is 6.59. The van der Waals surface area contributed by atoms with E-state index < -0.39 is 23.1 Å². The van der Waals surface area contributed by atoms with Gasteiger partial charge in [0.15, 0.2) is 0 Å². The van der Waals surface area contributed by atoms with Crippen molar-refractivity contribution >= 4 is 29.6 Å². The molecule has 36 heavy (non-hydrogen) atoms. The fourth-order valence-electron chi connectivity index (χ4n) is 4.31. The van der Waals surface area contributed by atoms with Gasteiger partial charge in [0.1, 0.15) is 16.7 Å². The Morgan fingerprint density at radius 3 is 2.28 bits per heavy atom. The summed E-state index contributed by atoms with van der Waals surface area (Å²) in [6.45, 7) is 6.47. The molecule has 0 atom stereocenters. The summed E-state index contributed by atoms with van der Waals surface area (Å²) in [5, 5.41) is 10.1. The number of halogens is 3. The van der Waals surface area contributed by atoms with Crippen LogP contribution in [0.25, 0.3) is 11.3 Å². The summed E-state index contributed by atoms with van der Waals surface area (Å²) < 4.78 is 44.4. The van der Waals surface area contributed by atoms with Crippen LogP contribution in [0.3, 0.4) is 0 Å². The van der Waals surface area contributed by atoms with Crippen LogP contribution in [0, 0.1) is 19.3 Å². The highest BCUT2D eigenvalue weighted by Gasteiger charge is 2.37. The molecule has 1 aliphatic heterocycles. The van der Waals surface area contributed by atoms with Crippen molar-refractivity contribution in [3.8, 4) is 11.3 Å². The Labute approximate surface area is 212 Å². The minimum absolute atomic E-state index is 0.111. The number of carbonyl (C=O) groups is 1. The number of piperidine rings is 1. The van der Waals surface area contributed by atoms with Crippen LogP contribution in [-0.4, -0.2) is 34.1 Å². The van der Waals surface area contributed by atoms with Crippen LogP contribution in [0.5, 0.6) is 0 Å². The van der Waals surface area contributed by atoms with E-state index >= 15 is 0 Å². The molecule has 0 spiro atoms. The van der Waals surface area contributed by atoms with Gasteiger partial charge in [-0.05, 0) is 69.0 Å². The molecule has 0 radical (unpaired) electrons. The smallest absolute Gasteiger partial charge is 0.418 e. The van der Waals surface area contributed by atoms with Crippen LogP contribution in [-0.2, 0) is 11.0 Å². The Morgan fingerprint density at radius 1 is 1.03 bits per heavy atom. The highest BCUT2D eigenvalue weighted by atomic mass is 32.2. The average molecular weight is 517 g/mol. The molecule has 6 nitrogen and oxygen atoms in total. The summed E-state index contributed by atoms with van der Waals surface area (Å²) in [5.41, 5.74) is 0.276. The van der Waals surface area contributed by atoms with Crippen molar-refractivity contribution in [1.82, 2.24) is 9.97 Å². The van der Waals surface area contributed by atoms with Crippen LogP contribution < -0.4 is 9.62 Å². The Kier molecular flexibility index (Phi) is 7.17. The molecule has 0 aliphatic carbocycles. The van der Waals surface area contributed by atoms with Gasteiger partial charge in [0.25, 0.3) is 0 Å². The molecule has 3 aromatic rings. The first kappa shape index (κ1) is 25.8. The van der Waals surface area contributed by atoms with Crippen molar-refractivity contribution in [2.75, 3.05) is 22.7 Å². The second-order valence-corrected chi connectivity index (χ2v) is 10.1. The minimum atomic E-state index is -4.54. The van der Waals surface area contributed by atoms with Gasteiger partial charge in [0.05, 0.1) is 16.7 Å². The second-order valence-electron chi connectivity index (χ2n) is 9.25. The van der Waals surface area contributed by atoms with E-state index in [-0.39, 0.29) is 11.5 Å². The lowest BCUT2D eigenvalue weighted by atomic mass is 9.80. The number of rotatable bonds is 6. The van der Waals surface area contributed by atoms with Crippen molar-refractivity contribution in [2.24, 2.45) is 5.41 Å². The summed E-state index contributed by atoms with van der Waals surface area (Å²) in [5.74, 6) is 0.229. The molecular weight excluding hydrogens is 489 g/mol. The number of nitrogens with zero attached hydrogens (tertiary/aromatic N) is 3. The van der Waals surface area contributed by atoms with Crippen molar-refractivity contribution in [1.29, 1.82) is 0 Å². The third-order valence-electron chi connectivity index (χ3n) is 6.59. The molecular formula is C26H27F3N4O2S. The number of aryl methyl sites for hydroxylation is 2. The van der Waals surface area contributed by atoms with Gasteiger partial charge in [-0.2, -0.15) is 13.2 Å². The van der Waals surface area contributed by atoms with E-state index in [1.165, 1.54) is 6.07 Å². The van der Waals surface area contributed by atoms with Gasteiger partial charge in [-0.1, -0.05) is 24.3 Å². The number of carboxylic acids is 1. The van der Waals surface area contributed by atoms with Gasteiger partial charge >= 0.3 is 12.1 Å². The van der Waals surface area contributed by atoms with Crippen molar-refractivity contribution in [2.45, 2.75) is 44.8 Å². The number of anilines is 2. The first-order chi connectivity index (χ1) is 17.0. The molecule has 0 unspecified atom stereocenters. The van der Waals surface area contributed by atoms with Crippen molar-refractivity contribution in [3.63, 3.8) is 0 Å². The van der Waals surface area contributed by atoms with E-state index in [0.717, 1.165) is 23.8 Å². The van der Waals surface area contributed by atoms with Crippen LogP contribution in [0.4, 0.5) is 24.8 Å². The molecule has 1 fully saturated rings. The summed E-state index contributed by atoms with van der Waals surface area (Å²) in [4.78, 5) is 22.5. The Morgan fingerprint density at radius 2 is 1.67 bits per heavy atom. The van der Waals surface area contributed by atoms with Crippen LogP contribution in [0.15, 0.2) is 53.6 Å². The maximum absolute atomic E-state index is 13.8. The van der Waals surface area contributed by atoms with Gasteiger partial charge < -0.3 is 14.7 Å². The van der Waals surface area contributed by atoms with E-state index in [4.69, 9.17) is 0 Å². The zero-order valence-corrected chi connectivity index (χ0v) is 21.0. The molecule has 0 bridgehead atoms. The maximum atomic E-state index is 13.8. The molecule has 4 rings (SSSR count). The third-order valence-corrected chi connectivity index (χ3v) is 7.34. The number of aliphatic carboxylic acids is 1. The number of pyridine rings is 2. The van der Waals surface area contributed by atoms with Gasteiger partial charge in [0, 0.05) is 30.6 Å². The molecule has 0 amide bonds. The topological polar surface area (TPSA) is 78.4 Å². The second kappa shape index (κ2) is 10.0. The number of alkyl halides is 3. The van der Waals surface area contributed by atoms with Gasteiger partial charge in [0.2, 0.25) is 0 Å². The molecule has 0 saturated carbocycles. The number of aromatic nitrogens is 2. The van der Waals surface area contributed by atoms with E-state index in [1.54, 1.807) is 39.0 Å². The van der Waals surface area contributed by atoms with E-state index in [0.29, 0.717) is 47.6 Å². The highest BCUT2D eigenvalue weighted by molar-refractivity contribution is 8.00. The Bertz CT molecular complexity index is 1250. The summed E-state index contributed by atoms with van der Waals surface area (Å²) in [6.07, 6.45) is -3.49. The van der Waals surface area contributed by atoms with Crippen LogP contribution in [0.2, 0.25) is 0 Å². The fraction of sp³-hybridized carbons (Fsp3) is 0.346. The molecule has 2 N–H and O–H groups in total. The fourth-order valence-corrected chi connectivity index (χ4v) is 4.92. The standard InChI is InChI=1S/C26H27F3N4O2S/c1-16-6-4-7-17(2)22(16)23-18(26(27,28)29)10-11-19(30-23)32-36-21-9-5-8-20(31-21)33-14-12-25(3,13-15-33)24(34)35/h4-11H,12-15H2,1-3H3,(H,30,32)(H,34,35). The lowest BCUT2D eigenvalue weighted by molar-refractivity contribution is -0.149. The molecule has 1 aromatic carbocycles. The molecule has 10 heteroatoms. The molecule has 190 valence electrons. The first-order valence-electron chi connectivity index (χ1n) is 11.5. The van der Waals surface area contributed by atoms with E-state index in [2.05, 4.69) is 14.7 Å². The molecule has 3 heterocycles. The molecule has 1 saturated heterocycles. The predicted molar refractivity (Wildman–Crippen MR) is 135 cm³/mol. The summed E-state index contributed by atoms with van der Waals surface area (Å²) in [6, 6.07) is 13.2. The Hall–Kier alpha value is -3.27. The lowest BCUT2D eigenvalue weighted by Crippen LogP contribution is -2.43. The minimum Gasteiger partial charge on any atom is -0.481 e. The average Bonchev–Trinajstić information content (AvgIpc) is 2.83. The number of carboxylic acid groups (broad SMARTS) is 1. The Balaban J connectivity index is 1.54. The highest BCUT2D eigenvalue weighted by Crippen LogP contribution is 2.39. The SMILES string of the molecule is Cc1cccc(C)c1-c1nc(NSc2cccc(N3CCC(C)(C(=O)O)CC3)n2)ccc1C(F)(F)F. The monoisotopic (exact) mass is 516 g/mol. The molecule has 2 aromatic heterocycles. The largest absolute Gasteiger partial charge is 0.481 e. The van der Waals surface area contributed by atoms with Crippen molar-refractivity contribution in [3.05, 3.63) is 65.2 Å². The van der Waals surface area contributed by atoms with E-state index in [1.807, 2.05) is 23.1 Å². The van der Waals surface area contributed by atoms with Crippen molar-refractivity contribution < 1.29 is 23.1 Å². The summed E-state index contributed by atoms with van der Waals surface area (Å²) >= 11 is 1.16. The van der Waals surface area contributed by atoms with Gasteiger partial charge in [-0.15, -0.1) is 0 Å². The number of nitrogens with one attached hydrogen (secondary N) is 1. The quantitative estimate of drug-likeness (QED) is 0.358. The first-order valence-corrected chi connectivity index (χ1v) is 12.3. The number of hydrogen-bond donors (Lipinski definition) is 2. The third kappa shape index (κ3) is 5.43. The zero-order chi connectivity index (χ0) is 26.1. The lowest BCUT2D eigenvalue weighted by Gasteiger charge is -2.37. The van der Waals surface area contributed by atoms with E-state index in [9.17, 15) is 23.1 Å². The number of hydrogen-bond acceptors (Lipinski definition) is 6. The van der Waals surface area contributed by atoms with Gasteiger partial charge in [-0.3, -0.25) is 4.79 Å². The van der Waals surface area contributed by atoms with Gasteiger partial charge in [-0.25, -0.2) is 9.97 Å². The van der Waals surface area contributed by atoms with Crippen LogP contribution in [0.1, 0.15) is 36.5 Å². The normalized spacial score (nSPS) is 15.6. The zero-order valence-electron chi connectivity index (χ0n) is 20.2. The number of benzene rings is 1. The molecule has 1 aliphatic rings. The summed E-state index contributed by atoms with van der Waals surface area (Å²) in [7, 11) is 0.